The molecule has 6 amide bonds. The Kier molecular flexibility index (Phi) is 40.3. The van der Waals surface area contributed by atoms with Gasteiger partial charge in [-0.3, -0.25) is 24.5 Å². The van der Waals surface area contributed by atoms with E-state index in [-0.39, 0.29) is 6.04 Å². The summed E-state index contributed by atoms with van der Waals surface area (Å²) in [7, 11) is 0. The van der Waals surface area contributed by atoms with E-state index >= 15 is 0 Å². The third-order valence-corrected chi connectivity index (χ3v) is 12.9. The quantitative estimate of drug-likeness (QED) is 0.0317. The van der Waals surface area contributed by atoms with Crippen molar-refractivity contribution in [3.63, 3.8) is 0 Å². The second kappa shape index (κ2) is 42.5. The number of rotatable bonds is 41. The highest BCUT2D eigenvalue weighted by molar-refractivity contribution is 5.69. The van der Waals surface area contributed by atoms with Gasteiger partial charge in [0.05, 0.1) is 0 Å². The van der Waals surface area contributed by atoms with Gasteiger partial charge in [0.2, 0.25) is 0 Å². The van der Waals surface area contributed by atoms with Crippen LogP contribution >= 0.6 is 0 Å². The Balaban J connectivity index is 7.31. The highest BCUT2D eigenvalue weighted by atomic mass is 16.6. The molecular formula is C65H133N13O12. The summed E-state index contributed by atoms with van der Waals surface area (Å²) < 4.78 is 33.4. The largest absolute Gasteiger partial charge is 0.444 e. The van der Waals surface area contributed by atoms with Gasteiger partial charge < -0.3 is 70.1 Å². The molecule has 0 unspecified atom stereocenters. The first-order valence-electron chi connectivity index (χ1n) is 33.2. The van der Waals surface area contributed by atoms with Crippen LogP contribution in [0.5, 0.6) is 0 Å². The standard InChI is InChI=1S/C65H133N13O12/c1-51(2)49-76(34-28-69-57(82)88-63(16,17)18)45-43-73(32-26-67-55(80)86-61(10,11)12)38-37-72(31-25-66-54(79)85-60(7,8)9)39-41-75(44-46-77(50-52(3)4)35-29-70-58(83)89-64(19,20)21)42-40-74(33-27-68-56(81)87-62(13,14)15)47-48-78(53(5)6)36-30-71-59(84)90-65(22,23)24/h51-53H,25-50H2,1-24H3,(H,66,79)(H,67,80)(H,68,81)(H,69,82)(H,70,83)(H,71,84). The lowest BCUT2D eigenvalue weighted by atomic mass is 10.2. The first-order chi connectivity index (χ1) is 41.3. The molecule has 0 aliphatic carbocycles. The minimum Gasteiger partial charge on any atom is -0.444 e. The van der Waals surface area contributed by atoms with Gasteiger partial charge >= 0.3 is 36.6 Å². The Morgan fingerprint density at radius 3 is 0.611 bits per heavy atom. The van der Waals surface area contributed by atoms with Crippen molar-refractivity contribution in [1.82, 2.24) is 66.2 Å². The van der Waals surface area contributed by atoms with Crippen molar-refractivity contribution in [1.29, 1.82) is 0 Å². The molecule has 25 nitrogen and oxygen atoms in total. The summed E-state index contributed by atoms with van der Waals surface area (Å²) in [4.78, 5) is 93.4. The Hall–Kier alpha value is -4.66. The van der Waals surface area contributed by atoms with Crippen LogP contribution in [0.2, 0.25) is 0 Å². The first-order valence-corrected chi connectivity index (χ1v) is 33.2. The molecule has 0 radical (unpaired) electrons. The van der Waals surface area contributed by atoms with Crippen LogP contribution in [-0.2, 0) is 28.4 Å². The molecule has 0 heterocycles. The number of amides is 6. The Morgan fingerprint density at radius 2 is 0.422 bits per heavy atom. The SMILES string of the molecule is CC(C)CN(CCNC(=O)OC(C)(C)C)CCN(CCNC(=O)OC(C)(C)C)CCN(CCNC(=O)OC(C)(C)C)CCN(CCN(CCNC(=O)OC(C)(C)C)CCN(CCNC(=O)OC(C)(C)C)C(C)C)CCN(CCNC(=O)OC(C)(C)C)CC(C)C. The second-order valence-corrected chi connectivity index (χ2v) is 30.5. The van der Waals surface area contributed by atoms with Gasteiger partial charge in [-0.1, -0.05) is 27.7 Å². The smallest absolute Gasteiger partial charge is 0.407 e. The Morgan fingerprint density at radius 1 is 0.256 bits per heavy atom. The van der Waals surface area contributed by atoms with Crippen molar-refractivity contribution in [2.24, 2.45) is 11.8 Å². The van der Waals surface area contributed by atoms with Gasteiger partial charge in [0.25, 0.3) is 0 Å². The fourth-order valence-corrected chi connectivity index (χ4v) is 9.04. The van der Waals surface area contributed by atoms with Crippen LogP contribution in [0.1, 0.15) is 166 Å². The van der Waals surface area contributed by atoms with E-state index in [0.29, 0.717) is 162 Å². The van der Waals surface area contributed by atoms with E-state index in [4.69, 9.17) is 28.4 Å². The van der Waals surface area contributed by atoms with Gasteiger partial charge in [-0.05, 0) is 150 Å². The van der Waals surface area contributed by atoms with Crippen LogP contribution in [0.4, 0.5) is 28.8 Å². The van der Waals surface area contributed by atoms with Gasteiger partial charge in [0.1, 0.15) is 33.6 Å². The van der Waals surface area contributed by atoms with E-state index in [9.17, 15) is 28.8 Å². The number of ether oxygens (including phenoxy) is 6. The highest BCUT2D eigenvalue weighted by Crippen LogP contribution is 2.12. The van der Waals surface area contributed by atoms with E-state index in [2.05, 4.69) is 108 Å². The predicted molar refractivity (Wildman–Crippen MR) is 360 cm³/mol. The number of hydrogen-bond acceptors (Lipinski definition) is 19. The zero-order valence-corrected chi connectivity index (χ0v) is 61.1. The van der Waals surface area contributed by atoms with Crippen LogP contribution in [0, 0.1) is 11.8 Å². The molecular weight excluding hydrogens is 1150 g/mol. The topological polar surface area (TPSA) is 253 Å². The molecule has 0 aromatic heterocycles. The van der Waals surface area contributed by atoms with Gasteiger partial charge in [0, 0.05) is 176 Å². The number of carbonyl (C=O) groups is 6. The summed E-state index contributed by atoms with van der Waals surface area (Å²) in [6, 6.07) is 0.181. The van der Waals surface area contributed by atoms with E-state index < -0.39 is 70.2 Å². The lowest BCUT2D eigenvalue weighted by molar-refractivity contribution is 0.0500. The minimum atomic E-state index is -0.672. The van der Waals surface area contributed by atoms with Gasteiger partial charge in [-0.15, -0.1) is 0 Å². The summed E-state index contributed by atoms with van der Waals surface area (Å²) in [5, 5.41) is 17.7. The molecule has 0 fully saturated rings. The third kappa shape index (κ3) is 52.9. The van der Waals surface area contributed by atoms with E-state index in [1.807, 2.05) is 125 Å². The predicted octanol–water partition coefficient (Wildman–Crippen LogP) is 7.97. The highest BCUT2D eigenvalue weighted by Gasteiger charge is 2.24. The molecule has 0 saturated carbocycles. The van der Waals surface area contributed by atoms with E-state index in [1.54, 1.807) is 0 Å². The van der Waals surface area contributed by atoms with Crippen molar-refractivity contribution in [3.05, 3.63) is 0 Å². The summed E-state index contributed by atoms with van der Waals surface area (Å²) in [6.45, 7) is 61.7. The van der Waals surface area contributed by atoms with Crippen LogP contribution in [0.15, 0.2) is 0 Å². The Labute approximate surface area is 545 Å². The second-order valence-electron chi connectivity index (χ2n) is 30.5. The molecule has 0 spiro atoms. The van der Waals surface area contributed by atoms with Crippen LogP contribution in [-0.4, -0.2) is 281 Å². The van der Waals surface area contributed by atoms with Crippen molar-refractivity contribution >= 4 is 36.6 Å². The molecule has 25 heteroatoms. The molecule has 0 aliphatic heterocycles. The maximum absolute atomic E-state index is 13.1. The maximum atomic E-state index is 13.1. The zero-order chi connectivity index (χ0) is 69.1. The van der Waals surface area contributed by atoms with E-state index in [0.717, 1.165) is 19.6 Å². The summed E-state index contributed by atoms with van der Waals surface area (Å²) in [6.07, 6.45) is -2.82. The fraction of sp³-hybridized carbons (Fsp3) is 0.908. The molecule has 0 bridgehead atoms. The number of nitrogens with one attached hydrogen (secondary N) is 6. The van der Waals surface area contributed by atoms with Crippen molar-refractivity contribution in [2.75, 3.05) is 170 Å². The normalized spacial score (nSPS) is 12.9. The fourth-order valence-electron chi connectivity index (χ4n) is 9.04. The summed E-state index contributed by atoms with van der Waals surface area (Å²) in [5.41, 5.74) is -3.83. The van der Waals surface area contributed by atoms with Crippen molar-refractivity contribution < 1.29 is 57.2 Å². The number of nitrogens with zero attached hydrogens (tertiary/aromatic N) is 7. The van der Waals surface area contributed by atoms with Crippen LogP contribution in [0.3, 0.4) is 0 Å². The minimum absolute atomic E-state index is 0.181. The lowest BCUT2D eigenvalue weighted by Gasteiger charge is -2.34. The summed E-state index contributed by atoms with van der Waals surface area (Å²) in [5.74, 6) is 0.726. The molecule has 530 valence electrons. The van der Waals surface area contributed by atoms with Crippen molar-refractivity contribution in [2.45, 2.75) is 206 Å². The third-order valence-electron chi connectivity index (χ3n) is 12.9. The molecule has 90 heavy (non-hydrogen) atoms. The molecule has 0 atom stereocenters. The molecule has 0 aromatic carbocycles. The molecule has 6 N–H and O–H groups in total. The summed E-state index contributed by atoms with van der Waals surface area (Å²) >= 11 is 0. The molecule has 0 aromatic rings. The number of hydrogen-bond donors (Lipinski definition) is 6. The van der Waals surface area contributed by atoms with Gasteiger partial charge in [0.15, 0.2) is 0 Å². The average molecular weight is 1290 g/mol. The molecule has 0 aliphatic rings. The first kappa shape index (κ1) is 85.3. The van der Waals surface area contributed by atoms with Crippen LogP contribution < -0.4 is 31.9 Å². The monoisotopic (exact) mass is 1290 g/mol. The molecule has 0 rings (SSSR count). The maximum Gasteiger partial charge on any atom is 0.407 e. The lowest BCUT2D eigenvalue weighted by Crippen LogP contribution is -2.49. The average Bonchev–Trinajstić information content (AvgIpc) is 3.55. The zero-order valence-electron chi connectivity index (χ0n) is 61.1. The van der Waals surface area contributed by atoms with Gasteiger partial charge in [-0.2, -0.15) is 0 Å². The van der Waals surface area contributed by atoms with E-state index in [1.165, 1.54) is 0 Å². The number of carbonyl (C=O) groups excluding carboxylic acids is 6. The van der Waals surface area contributed by atoms with Crippen molar-refractivity contribution in [3.8, 4) is 0 Å². The van der Waals surface area contributed by atoms with Gasteiger partial charge in [-0.25, -0.2) is 28.8 Å². The number of alkyl carbamates (subject to hydrolysis) is 6. The van der Waals surface area contributed by atoms with Crippen LogP contribution in [0.25, 0.3) is 0 Å². The molecule has 0 saturated heterocycles. The Bertz CT molecular complexity index is 2010.